The molecule has 0 saturated carbocycles. The summed E-state index contributed by atoms with van der Waals surface area (Å²) in [6.45, 7) is 0. The fourth-order valence-corrected chi connectivity index (χ4v) is 0.983. The summed E-state index contributed by atoms with van der Waals surface area (Å²) in [5, 5.41) is 9.35. The Morgan fingerprint density at radius 3 is 2.85 bits per heavy atom. The predicted octanol–water partition coefficient (Wildman–Crippen LogP) is 2.19. The number of hydrogen-bond acceptors (Lipinski definition) is 2. The molecule has 1 rings (SSSR count). The molecule has 1 N–H and O–H groups in total. The van der Waals surface area contributed by atoms with Gasteiger partial charge in [0.15, 0.2) is 0 Å². The van der Waals surface area contributed by atoms with Gasteiger partial charge < -0.3 is 5.11 Å². The van der Waals surface area contributed by atoms with Crippen LogP contribution in [0, 0.1) is 0 Å². The fraction of sp³-hybridized carbons (Fsp3) is 0.111. The van der Waals surface area contributed by atoms with E-state index in [-0.39, 0.29) is 5.56 Å². The molecule has 13 heavy (non-hydrogen) atoms. The summed E-state index contributed by atoms with van der Waals surface area (Å²) >= 11 is 3.24. The molecule has 0 amide bonds. The van der Waals surface area contributed by atoms with E-state index in [0.29, 0.717) is 0 Å². The van der Waals surface area contributed by atoms with Crippen LogP contribution >= 0.6 is 15.9 Å². The lowest BCUT2D eigenvalue weighted by Gasteiger charge is -1.94. The van der Waals surface area contributed by atoms with Gasteiger partial charge in [0.1, 0.15) is 0 Å². The van der Waals surface area contributed by atoms with Gasteiger partial charge in [0.25, 0.3) is 0 Å². The van der Waals surface area contributed by atoms with Crippen molar-refractivity contribution in [3.8, 4) is 0 Å². The van der Waals surface area contributed by atoms with Crippen LogP contribution in [-0.2, 0) is 0 Å². The van der Waals surface area contributed by atoms with Crippen molar-refractivity contribution in [2.45, 2.75) is 0 Å². The summed E-state index contributed by atoms with van der Waals surface area (Å²) < 4.78 is 0. The van der Waals surface area contributed by atoms with Crippen LogP contribution in [0.3, 0.4) is 0 Å². The van der Waals surface area contributed by atoms with Crippen LogP contribution in [0.5, 0.6) is 0 Å². The molecule has 0 aliphatic heterocycles. The molecule has 1 heterocycles. The standard InChI is InChI=1S/C9H8BrNO2/c10-5-1-2-8-4-3-7(6-11-8)9(12)13/h1-4,6H,5H2,(H,12,13). The van der Waals surface area contributed by atoms with Crippen LogP contribution in [0.1, 0.15) is 16.1 Å². The number of aromatic carboxylic acids is 1. The highest BCUT2D eigenvalue weighted by Crippen LogP contribution is 2.02. The van der Waals surface area contributed by atoms with E-state index in [1.54, 1.807) is 6.07 Å². The van der Waals surface area contributed by atoms with Crippen LogP contribution in [0.15, 0.2) is 24.4 Å². The molecule has 0 radical (unpaired) electrons. The van der Waals surface area contributed by atoms with Crippen molar-refractivity contribution >= 4 is 28.0 Å². The Balaban J connectivity index is 2.81. The smallest absolute Gasteiger partial charge is 0.337 e. The van der Waals surface area contributed by atoms with Crippen molar-refractivity contribution in [2.75, 3.05) is 5.33 Å². The molecule has 0 aliphatic carbocycles. The first kappa shape index (κ1) is 9.92. The molecule has 0 atom stereocenters. The lowest BCUT2D eigenvalue weighted by molar-refractivity contribution is 0.0696. The summed E-state index contributed by atoms with van der Waals surface area (Å²) in [5.41, 5.74) is 0.959. The fourth-order valence-electron chi connectivity index (χ4n) is 0.796. The summed E-state index contributed by atoms with van der Waals surface area (Å²) in [6.07, 6.45) is 5.05. The summed E-state index contributed by atoms with van der Waals surface area (Å²) in [4.78, 5) is 14.4. The lowest BCUT2D eigenvalue weighted by Crippen LogP contribution is -1.96. The average Bonchev–Trinajstić information content (AvgIpc) is 2.15. The van der Waals surface area contributed by atoms with E-state index in [1.807, 2.05) is 12.2 Å². The van der Waals surface area contributed by atoms with Gasteiger partial charge in [0.05, 0.1) is 11.3 Å². The second kappa shape index (κ2) is 4.77. The normalized spacial score (nSPS) is 10.5. The van der Waals surface area contributed by atoms with Gasteiger partial charge in [0.2, 0.25) is 0 Å². The lowest BCUT2D eigenvalue weighted by atomic mass is 10.2. The van der Waals surface area contributed by atoms with Gasteiger partial charge in [-0.05, 0) is 18.2 Å². The Kier molecular flexibility index (Phi) is 3.64. The molecule has 0 unspecified atom stereocenters. The van der Waals surface area contributed by atoms with Crippen molar-refractivity contribution in [1.82, 2.24) is 4.98 Å². The molecule has 0 saturated heterocycles. The van der Waals surface area contributed by atoms with Crippen LogP contribution in [0.2, 0.25) is 0 Å². The molecule has 68 valence electrons. The number of nitrogens with zero attached hydrogens (tertiary/aromatic N) is 1. The van der Waals surface area contributed by atoms with Gasteiger partial charge in [-0.3, -0.25) is 4.98 Å². The largest absolute Gasteiger partial charge is 0.478 e. The molecule has 0 fully saturated rings. The number of halogens is 1. The maximum atomic E-state index is 10.5. The number of carbonyl (C=O) groups is 1. The number of carboxylic acids is 1. The van der Waals surface area contributed by atoms with Crippen LogP contribution in [0.4, 0.5) is 0 Å². The second-order valence-electron chi connectivity index (χ2n) is 2.33. The summed E-state index contributed by atoms with van der Waals surface area (Å²) in [5.74, 6) is -0.955. The zero-order valence-corrected chi connectivity index (χ0v) is 8.36. The predicted molar refractivity (Wildman–Crippen MR) is 54.0 cm³/mol. The topological polar surface area (TPSA) is 50.2 Å². The Bertz CT molecular complexity index is 319. The molecule has 4 heteroatoms. The maximum absolute atomic E-state index is 10.5. The molecular formula is C9H8BrNO2. The second-order valence-corrected chi connectivity index (χ2v) is 2.98. The number of hydrogen-bond donors (Lipinski definition) is 1. The number of aromatic nitrogens is 1. The third-order valence-electron chi connectivity index (χ3n) is 1.41. The highest BCUT2D eigenvalue weighted by molar-refractivity contribution is 9.09. The summed E-state index contributed by atoms with van der Waals surface area (Å²) in [6, 6.07) is 3.20. The molecule has 0 bridgehead atoms. The van der Waals surface area contributed by atoms with Crippen molar-refractivity contribution in [2.24, 2.45) is 0 Å². The third-order valence-corrected chi connectivity index (χ3v) is 1.78. The van der Waals surface area contributed by atoms with Gasteiger partial charge in [0, 0.05) is 11.5 Å². The zero-order valence-electron chi connectivity index (χ0n) is 6.77. The SMILES string of the molecule is O=C(O)c1ccc(C=CCBr)nc1. The van der Waals surface area contributed by atoms with E-state index in [0.717, 1.165) is 11.0 Å². The maximum Gasteiger partial charge on any atom is 0.337 e. The Labute approximate surface area is 84.2 Å². The number of carboxylic acid groups (broad SMARTS) is 1. The number of allylic oxidation sites excluding steroid dienone is 1. The van der Waals surface area contributed by atoms with E-state index in [4.69, 9.17) is 5.11 Å². The molecule has 0 aliphatic rings. The minimum absolute atomic E-state index is 0.205. The highest BCUT2D eigenvalue weighted by atomic mass is 79.9. The molecular weight excluding hydrogens is 234 g/mol. The van der Waals surface area contributed by atoms with E-state index >= 15 is 0 Å². The quantitative estimate of drug-likeness (QED) is 0.826. The average molecular weight is 242 g/mol. The molecule has 1 aromatic rings. The minimum atomic E-state index is -0.955. The highest BCUT2D eigenvalue weighted by Gasteiger charge is 2.00. The van der Waals surface area contributed by atoms with E-state index < -0.39 is 5.97 Å². The number of pyridine rings is 1. The van der Waals surface area contributed by atoms with Gasteiger partial charge in [-0.15, -0.1) is 0 Å². The van der Waals surface area contributed by atoms with Gasteiger partial charge in [-0.25, -0.2) is 4.79 Å². The summed E-state index contributed by atoms with van der Waals surface area (Å²) in [7, 11) is 0. The van der Waals surface area contributed by atoms with Crippen LogP contribution in [0.25, 0.3) is 6.08 Å². The van der Waals surface area contributed by atoms with Gasteiger partial charge in [-0.2, -0.15) is 0 Å². The van der Waals surface area contributed by atoms with E-state index in [9.17, 15) is 4.79 Å². The number of rotatable bonds is 3. The Morgan fingerprint density at radius 2 is 2.38 bits per heavy atom. The first-order valence-electron chi connectivity index (χ1n) is 3.66. The van der Waals surface area contributed by atoms with E-state index in [2.05, 4.69) is 20.9 Å². The molecule has 1 aromatic heterocycles. The van der Waals surface area contributed by atoms with Crippen molar-refractivity contribution < 1.29 is 9.90 Å². The van der Waals surface area contributed by atoms with E-state index in [1.165, 1.54) is 12.3 Å². The minimum Gasteiger partial charge on any atom is -0.478 e. The first-order chi connectivity index (χ1) is 6.24. The zero-order chi connectivity index (χ0) is 9.68. The first-order valence-corrected chi connectivity index (χ1v) is 4.78. The van der Waals surface area contributed by atoms with Crippen LogP contribution < -0.4 is 0 Å². The molecule has 3 nitrogen and oxygen atoms in total. The van der Waals surface area contributed by atoms with Gasteiger partial charge in [-0.1, -0.05) is 22.0 Å². The van der Waals surface area contributed by atoms with Gasteiger partial charge >= 0.3 is 5.97 Å². The number of alkyl halides is 1. The third kappa shape index (κ3) is 2.99. The van der Waals surface area contributed by atoms with Crippen molar-refractivity contribution in [3.63, 3.8) is 0 Å². The van der Waals surface area contributed by atoms with Crippen LogP contribution in [-0.4, -0.2) is 21.4 Å². The Hall–Kier alpha value is -1.16. The monoisotopic (exact) mass is 241 g/mol. The Morgan fingerprint density at radius 1 is 1.62 bits per heavy atom. The van der Waals surface area contributed by atoms with Crippen molar-refractivity contribution in [3.05, 3.63) is 35.7 Å². The van der Waals surface area contributed by atoms with Crippen molar-refractivity contribution in [1.29, 1.82) is 0 Å². The molecule has 0 spiro atoms. The molecule has 0 aromatic carbocycles.